The van der Waals surface area contributed by atoms with E-state index in [2.05, 4.69) is 0 Å². The van der Waals surface area contributed by atoms with Crippen LogP contribution >= 0.6 is 0 Å². The van der Waals surface area contributed by atoms with Gasteiger partial charge in [-0.15, -0.1) is 0 Å². The van der Waals surface area contributed by atoms with Crippen LogP contribution in [0.1, 0.15) is 11.3 Å². The molecule has 72 valence electrons. The van der Waals surface area contributed by atoms with Crippen molar-refractivity contribution in [2.75, 3.05) is 0 Å². The molecule has 2 rings (SSSR count). The van der Waals surface area contributed by atoms with E-state index in [0.717, 1.165) is 16.7 Å². The van der Waals surface area contributed by atoms with E-state index in [1.807, 2.05) is 19.9 Å². The van der Waals surface area contributed by atoms with Gasteiger partial charge in [-0.25, -0.2) is 4.42 Å². The lowest BCUT2D eigenvalue weighted by Gasteiger charge is -1.98. The van der Waals surface area contributed by atoms with Crippen LogP contribution in [0.15, 0.2) is 22.6 Å². The standard InChI is InChI=1S/C11H10O3/c1-6-3-7(2)14-11-5-10(13)9(12)4-8(6)11/h3-5H,1-2H3,(H-,12,13)/p+1. The summed E-state index contributed by atoms with van der Waals surface area (Å²) in [6.45, 7) is 3.78. The first kappa shape index (κ1) is 8.81. The summed E-state index contributed by atoms with van der Waals surface area (Å²) in [6, 6.07) is 4.81. The molecule has 0 amide bonds. The Balaban J connectivity index is 2.89. The summed E-state index contributed by atoms with van der Waals surface area (Å²) in [7, 11) is 0. The maximum absolute atomic E-state index is 9.32. The maximum atomic E-state index is 9.32. The van der Waals surface area contributed by atoms with Gasteiger partial charge in [0.2, 0.25) is 0 Å². The SMILES string of the molecule is Cc1cc(C)c2cc(O)c(O)cc2[o+]1. The lowest BCUT2D eigenvalue weighted by Crippen LogP contribution is -1.81. The molecule has 0 spiro atoms. The quantitative estimate of drug-likeness (QED) is 0.497. The van der Waals surface area contributed by atoms with Crippen LogP contribution in [0.4, 0.5) is 0 Å². The molecule has 1 aromatic carbocycles. The van der Waals surface area contributed by atoms with Gasteiger partial charge in [0.1, 0.15) is 0 Å². The van der Waals surface area contributed by atoms with Crippen molar-refractivity contribution in [2.45, 2.75) is 13.8 Å². The molecule has 0 aliphatic rings. The summed E-state index contributed by atoms with van der Waals surface area (Å²) in [5.41, 5.74) is 1.59. The minimum absolute atomic E-state index is 0.125. The molecule has 0 aliphatic carbocycles. The van der Waals surface area contributed by atoms with Crippen LogP contribution in [0.5, 0.6) is 11.5 Å². The molecule has 0 bridgehead atoms. The van der Waals surface area contributed by atoms with Gasteiger partial charge in [0, 0.05) is 12.1 Å². The van der Waals surface area contributed by atoms with Gasteiger partial charge >= 0.3 is 11.3 Å². The van der Waals surface area contributed by atoms with E-state index in [1.165, 1.54) is 12.1 Å². The third kappa shape index (κ3) is 1.27. The van der Waals surface area contributed by atoms with Gasteiger partial charge in [0.15, 0.2) is 11.5 Å². The maximum Gasteiger partial charge on any atom is 0.364 e. The Bertz CT molecular complexity index is 503. The van der Waals surface area contributed by atoms with Crippen molar-refractivity contribution in [1.82, 2.24) is 0 Å². The van der Waals surface area contributed by atoms with E-state index in [0.29, 0.717) is 5.58 Å². The van der Waals surface area contributed by atoms with Gasteiger partial charge in [-0.2, -0.15) is 0 Å². The van der Waals surface area contributed by atoms with Gasteiger partial charge < -0.3 is 10.2 Å². The van der Waals surface area contributed by atoms with Crippen LogP contribution in [0.2, 0.25) is 0 Å². The fourth-order valence-corrected chi connectivity index (χ4v) is 1.54. The molecule has 0 unspecified atom stereocenters. The fraction of sp³-hybridized carbons (Fsp3) is 0.182. The minimum Gasteiger partial charge on any atom is -0.504 e. The van der Waals surface area contributed by atoms with Gasteiger partial charge in [0.25, 0.3) is 0 Å². The topological polar surface area (TPSA) is 51.8 Å². The zero-order chi connectivity index (χ0) is 10.3. The molecule has 0 aliphatic heterocycles. The van der Waals surface area contributed by atoms with Crippen LogP contribution in [0.25, 0.3) is 11.0 Å². The van der Waals surface area contributed by atoms with E-state index >= 15 is 0 Å². The van der Waals surface area contributed by atoms with Crippen molar-refractivity contribution in [3.63, 3.8) is 0 Å². The second kappa shape index (κ2) is 2.87. The molecule has 1 aromatic heterocycles. The van der Waals surface area contributed by atoms with Gasteiger partial charge in [0.05, 0.1) is 18.4 Å². The van der Waals surface area contributed by atoms with Crippen LogP contribution in [0, 0.1) is 13.8 Å². The number of aryl methyl sites for hydroxylation is 2. The molecule has 0 fully saturated rings. The summed E-state index contributed by atoms with van der Waals surface area (Å²) in [5, 5.41) is 19.4. The number of phenols is 2. The van der Waals surface area contributed by atoms with Gasteiger partial charge in [-0.05, 0) is 12.5 Å². The van der Waals surface area contributed by atoms with Crippen molar-refractivity contribution < 1.29 is 14.6 Å². The average molecular weight is 191 g/mol. The predicted molar refractivity (Wildman–Crippen MR) is 53.4 cm³/mol. The monoisotopic (exact) mass is 191 g/mol. The Morgan fingerprint density at radius 2 is 1.64 bits per heavy atom. The Hall–Kier alpha value is -1.77. The summed E-state index contributed by atoms with van der Waals surface area (Å²) in [4.78, 5) is 0. The average Bonchev–Trinajstić information content (AvgIpc) is 2.08. The van der Waals surface area contributed by atoms with Gasteiger partial charge in [-0.1, -0.05) is 0 Å². The Labute approximate surface area is 81.2 Å². The van der Waals surface area contributed by atoms with Crippen LogP contribution in [0.3, 0.4) is 0 Å². The highest BCUT2D eigenvalue weighted by atomic mass is 16.3. The molecule has 2 aromatic rings. The number of hydrogen-bond donors (Lipinski definition) is 2. The zero-order valence-electron chi connectivity index (χ0n) is 8.03. The normalized spacial score (nSPS) is 10.7. The molecular formula is C11H11O3+. The van der Waals surface area contributed by atoms with E-state index < -0.39 is 0 Å². The molecule has 0 saturated heterocycles. The summed E-state index contributed by atoms with van der Waals surface area (Å²) in [6.07, 6.45) is 0. The lowest BCUT2D eigenvalue weighted by molar-refractivity contribution is 0.403. The predicted octanol–water partition coefficient (Wildman–Crippen LogP) is 2.74. The fourth-order valence-electron chi connectivity index (χ4n) is 1.54. The van der Waals surface area contributed by atoms with Crippen LogP contribution < -0.4 is 0 Å². The van der Waals surface area contributed by atoms with E-state index in [-0.39, 0.29) is 11.5 Å². The Morgan fingerprint density at radius 3 is 2.36 bits per heavy atom. The Morgan fingerprint density at radius 1 is 1.00 bits per heavy atom. The number of hydrogen-bond acceptors (Lipinski definition) is 2. The molecule has 3 heteroatoms. The van der Waals surface area contributed by atoms with E-state index in [1.54, 1.807) is 0 Å². The van der Waals surface area contributed by atoms with Crippen molar-refractivity contribution in [3.05, 3.63) is 29.5 Å². The zero-order valence-corrected chi connectivity index (χ0v) is 8.03. The number of benzene rings is 1. The van der Waals surface area contributed by atoms with E-state index in [9.17, 15) is 10.2 Å². The molecule has 14 heavy (non-hydrogen) atoms. The van der Waals surface area contributed by atoms with Crippen LogP contribution in [-0.4, -0.2) is 10.2 Å². The third-order valence-corrected chi connectivity index (χ3v) is 2.19. The molecule has 0 radical (unpaired) electrons. The number of rotatable bonds is 0. The van der Waals surface area contributed by atoms with Crippen molar-refractivity contribution in [3.8, 4) is 11.5 Å². The molecule has 0 saturated carbocycles. The van der Waals surface area contributed by atoms with E-state index in [4.69, 9.17) is 4.42 Å². The lowest BCUT2D eigenvalue weighted by atomic mass is 10.1. The highest BCUT2D eigenvalue weighted by Crippen LogP contribution is 2.32. The minimum atomic E-state index is -0.161. The molecule has 0 atom stereocenters. The molecular weight excluding hydrogens is 180 g/mol. The summed E-state index contributed by atoms with van der Waals surface area (Å²) < 4.78 is 5.41. The highest BCUT2D eigenvalue weighted by molar-refractivity contribution is 5.83. The first-order valence-electron chi connectivity index (χ1n) is 4.34. The Kier molecular flexibility index (Phi) is 1.81. The van der Waals surface area contributed by atoms with Gasteiger partial charge in [-0.3, -0.25) is 0 Å². The van der Waals surface area contributed by atoms with Crippen molar-refractivity contribution in [2.24, 2.45) is 0 Å². The molecule has 1 heterocycles. The second-order valence-corrected chi connectivity index (χ2v) is 3.38. The third-order valence-electron chi connectivity index (χ3n) is 2.19. The first-order chi connectivity index (χ1) is 6.58. The molecule has 3 nitrogen and oxygen atoms in total. The largest absolute Gasteiger partial charge is 0.504 e. The van der Waals surface area contributed by atoms with Crippen molar-refractivity contribution >= 4 is 11.0 Å². The van der Waals surface area contributed by atoms with Crippen LogP contribution in [-0.2, 0) is 0 Å². The van der Waals surface area contributed by atoms with Crippen molar-refractivity contribution in [1.29, 1.82) is 0 Å². The smallest absolute Gasteiger partial charge is 0.364 e. The number of aromatic hydroxyl groups is 2. The highest BCUT2D eigenvalue weighted by Gasteiger charge is 2.15. The summed E-state index contributed by atoms with van der Waals surface area (Å²) in [5.74, 6) is 0.492. The number of phenolic OH excluding ortho intramolecular Hbond substituents is 2. The first-order valence-corrected chi connectivity index (χ1v) is 4.34. The molecule has 2 N–H and O–H groups in total. The number of fused-ring (bicyclic) bond motifs is 1. The second-order valence-electron chi connectivity index (χ2n) is 3.38. The summed E-state index contributed by atoms with van der Waals surface area (Å²) >= 11 is 0.